The highest BCUT2D eigenvalue weighted by Crippen LogP contribution is 2.36. The summed E-state index contributed by atoms with van der Waals surface area (Å²) in [6.07, 6.45) is 3.23. The second kappa shape index (κ2) is 5.48. The Morgan fingerprint density at radius 2 is 2.12 bits per heavy atom. The predicted molar refractivity (Wildman–Crippen MR) is 66.6 cm³/mol. The minimum atomic E-state index is 0.361. The summed E-state index contributed by atoms with van der Waals surface area (Å²) < 4.78 is 5.67. The molecule has 16 heavy (non-hydrogen) atoms. The lowest BCUT2D eigenvalue weighted by Crippen LogP contribution is -2.57. The fourth-order valence-corrected chi connectivity index (χ4v) is 2.61. The van der Waals surface area contributed by atoms with E-state index in [1.165, 1.54) is 25.9 Å². The van der Waals surface area contributed by atoms with Crippen molar-refractivity contribution in [2.75, 3.05) is 26.2 Å². The maximum Gasteiger partial charge on any atom is 0.0597 e. The number of nitrogens with one attached hydrogen (secondary N) is 1. The molecule has 0 amide bonds. The van der Waals surface area contributed by atoms with Crippen LogP contribution in [-0.2, 0) is 4.74 Å². The van der Waals surface area contributed by atoms with Crippen LogP contribution < -0.4 is 5.32 Å². The zero-order chi connectivity index (χ0) is 11.5. The average molecular weight is 226 g/mol. The van der Waals surface area contributed by atoms with Gasteiger partial charge in [0.1, 0.15) is 0 Å². The smallest absolute Gasteiger partial charge is 0.0597 e. The number of nitrogens with zero attached hydrogens (tertiary/aromatic N) is 1. The molecule has 1 N–H and O–H groups in total. The van der Waals surface area contributed by atoms with Gasteiger partial charge in [-0.2, -0.15) is 0 Å². The van der Waals surface area contributed by atoms with E-state index >= 15 is 0 Å². The summed E-state index contributed by atoms with van der Waals surface area (Å²) in [5, 5.41) is 3.60. The van der Waals surface area contributed by atoms with Crippen molar-refractivity contribution in [1.82, 2.24) is 10.2 Å². The molecule has 0 bridgehead atoms. The van der Waals surface area contributed by atoms with Gasteiger partial charge in [0.25, 0.3) is 0 Å². The standard InChI is InChI=1S/C13H26N2O/c1-10(2)16-7-6-15-9-11(3)14-8-13(15)12-4-5-12/h10-14H,4-9H2,1-3H3. The minimum absolute atomic E-state index is 0.361. The maximum atomic E-state index is 5.67. The Balaban J connectivity index is 1.77. The molecule has 3 heteroatoms. The molecule has 0 spiro atoms. The van der Waals surface area contributed by atoms with Gasteiger partial charge in [-0.1, -0.05) is 0 Å². The fraction of sp³-hybridized carbons (Fsp3) is 1.00. The molecular formula is C13H26N2O. The Kier molecular flexibility index (Phi) is 4.22. The van der Waals surface area contributed by atoms with Crippen molar-refractivity contribution in [2.24, 2.45) is 5.92 Å². The van der Waals surface area contributed by atoms with E-state index in [9.17, 15) is 0 Å². The molecule has 0 aromatic carbocycles. The molecule has 2 unspecified atom stereocenters. The number of rotatable bonds is 5. The van der Waals surface area contributed by atoms with E-state index in [2.05, 4.69) is 31.0 Å². The minimum Gasteiger partial charge on any atom is -0.377 e. The second-order valence-corrected chi connectivity index (χ2v) is 5.63. The van der Waals surface area contributed by atoms with Gasteiger partial charge in [0.15, 0.2) is 0 Å². The molecule has 0 aromatic heterocycles. The first-order valence-electron chi connectivity index (χ1n) is 6.76. The van der Waals surface area contributed by atoms with Gasteiger partial charge in [0, 0.05) is 31.7 Å². The average Bonchev–Trinajstić information content (AvgIpc) is 3.01. The van der Waals surface area contributed by atoms with Crippen molar-refractivity contribution in [3.05, 3.63) is 0 Å². The number of piperazine rings is 1. The highest BCUT2D eigenvalue weighted by atomic mass is 16.5. The molecule has 3 nitrogen and oxygen atoms in total. The molecule has 2 rings (SSSR count). The molecule has 1 saturated heterocycles. The van der Waals surface area contributed by atoms with Crippen LogP contribution in [0.5, 0.6) is 0 Å². The van der Waals surface area contributed by atoms with Crippen LogP contribution in [0.4, 0.5) is 0 Å². The lowest BCUT2D eigenvalue weighted by atomic mass is 10.1. The molecule has 0 radical (unpaired) electrons. The lowest BCUT2D eigenvalue weighted by Gasteiger charge is -2.39. The third-order valence-corrected chi connectivity index (χ3v) is 3.65. The van der Waals surface area contributed by atoms with E-state index < -0.39 is 0 Å². The van der Waals surface area contributed by atoms with Crippen LogP contribution in [0.2, 0.25) is 0 Å². The van der Waals surface area contributed by atoms with Crippen LogP contribution in [0.3, 0.4) is 0 Å². The summed E-state index contributed by atoms with van der Waals surface area (Å²) in [5.41, 5.74) is 0. The highest BCUT2D eigenvalue weighted by molar-refractivity contribution is 4.94. The Morgan fingerprint density at radius 3 is 2.75 bits per heavy atom. The first-order valence-corrected chi connectivity index (χ1v) is 6.76. The Labute approximate surface area is 99.5 Å². The molecular weight excluding hydrogens is 200 g/mol. The molecule has 0 aromatic rings. The molecule has 2 aliphatic rings. The van der Waals surface area contributed by atoms with Crippen molar-refractivity contribution in [3.63, 3.8) is 0 Å². The van der Waals surface area contributed by atoms with E-state index in [4.69, 9.17) is 4.74 Å². The van der Waals surface area contributed by atoms with Crippen LogP contribution in [0, 0.1) is 5.92 Å². The summed E-state index contributed by atoms with van der Waals surface area (Å²) in [6.45, 7) is 10.8. The summed E-state index contributed by atoms with van der Waals surface area (Å²) in [4.78, 5) is 2.64. The quantitative estimate of drug-likeness (QED) is 0.768. The third-order valence-electron chi connectivity index (χ3n) is 3.65. The summed E-state index contributed by atoms with van der Waals surface area (Å²) in [6, 6.07) is 1.40. The zero-order valence-corrected chi connectivity index (χ0v) is 10.9. The first-order chi connectivity index (χ1) is 7.66. The van der Waals surface area contributed by atoms with Gasteiger partial charge in [-0.15, -0.1) is 0 Å². The molecule has 1 saturated carbocycles. The van der Waals surface area contributed by atoms with E-state index in [-0.39, 0.29) is 0 Å². The number of ether oxygens (including phenoxy) is 1. The SMILES string of the molecule is CC1CN(CCOC(C)C)C(C2CC2)CN1. The van der Waals surface area contributed by atoms with E-state index in [0.717, 1.165) is 25.1 Å². The fourth-order valence-electron chi connectivity index (χ4n) is 2.61. The van der Waals surface area contributed by atoms with Gasteiger partial charge in [0.05, 0.1) is 12.7 Å². The molecule has 94 valence electrons. The molecule has 1 aliphatic carbocycles. The molecule has 2 fully saturated rings. The summed E-state index contributed by atoms with van der Waals surface area (Å²) in [7, 11) is 0. The monoisotopic (exact) mass is 226 g/mol. The lowest BCUT2D eigenvalue weighted by molar-refractivity contribution is 0.0336. The molecule has 1 heterocycles. The largest absolute Gasteiger partial charge is 0.377 e. The van der Waals surface area contributed by atoms with Crippen molar-refractivity contribution >= 4 is 0 Å². The van der Waals surface area contributed by atoms with Gasteiger partial charge in [-0.05, 0) is 39.5 Å². The van der Waals surface area contributed by atoms with Gasteiger partial charge in [-0.25, -0.2) is 0 Å². The highest BCUT2D eigenvalue weighted by Gasteiger charge is 2.37. The zero-order valence-electron chi connectivity index (χ0n) is 10.9. The predicted octanol–water partition coefficient (Wildman–Crippen LogP) is 1.48. The summed E-state index contributed by atoms with van der Waals surface area (Å²) in [5.74, 6) is 0.957. The van der Waals surface area contributed by atoms with Gasteiger partial charge >= 0.3 is 0 Å². The van der Waals surface area contributed by atoms with Crippen LogP contribution in [-0.4, -0.2) is 49.3 Å². The van der Waals surface area contributed by atoms with Gasteiger partial charge < -0.3 is 10.1 Å². The van der Waals surface area contributed by atoms with Crippen LogP contribution in [0.15, 0.2) is 0 Å². The maximum absolute atomic E-state index is 5.67. The Hall–Kier alpha value is -0.120. The van der Waals surface area contributed by atoms with E-state index in [1.807, 2.05) is 0 Å². The molecule has 2 atom stereocenters. The van der Waals surface area contributed by atoms with Gasteiger partial charge in [0.2, 0.25) is 0 Å². The van der Waals surface area contributed by atoms with Crippen molar-refractivity contribution in [3.8, 4) is 0 Å². The molecule has 1 aliphatic heterocycles. The van der Waals surface area contributed by atoms with Crippen molar-refractivity contribution in [2.45, 2.75) is 51.8 Å². The van der Waals surface area contributed by atoms with Crippen LogP contribution in [0.1, 0.15) is 33.6 Å². The normalized spacial score (nSPS) is 32.2. The van der Waals surface area contributed by atoms with Crippen LogP contribution >= 0.6 is 0 Å². The first kappa shape index (κ1) is 12.3. The van der Waals surface area contributed by atoms with E-state index in [0.29, 0.717) is 12.1 Å². The summed E-state index contributed by atoms with van der Waals surface area (Å²) >= 11 is 0. The Bertz CT molecular complexity index is 216. The number of hydrogen-bond donors (Lipinski definition) is 1. The van der Waals surface area contributed by atoms with Crippen molar-refractivity contribution < 1.29 is 4.74 Å². The van der Waals surface area contributed by atoms with Gasteiger partial charge in [-0.3, -0.25) is 4.90 Å². The Morgan fingerprint density at radius 1 is 1.38 bits per heavy atom. The third kappa shape index (κ3) is 3.44. The van der Waals surface area contributed by atoms with Crippen molar-refractivity contribution in [1.29, 1.82) is 0 Å². The van der Waals surface area contributed by atoms with Crippen LogP contribution in [0.25, 0.3) is 0 Å². The second-order valence-electron chi connectivity index (χ2n) is 5.63. The van der Waals surface area contributed by atoms with E-state index in [1.54, 1.807) is 0 Å². The topological polar surface area (TPSA) is 24.5 Å². The number of hydrogen-bond acceptors (Lipinski definition) is 3.